The Kier molecular flexibility index (Phi) is 4.64. The van der Waals surface area contributed by atoms with Crippen LogP contribution in [-0.4, -0.2) is 42.0 Å². The van der Waals surface area contributed by atoms with Crippen LogP contribution in [0.15, 0.2) is 48.5 Å². The van der Waals surface area contributed by atoms with Gasteiger partial charge in [-0.15, -0.1) is 0 Å². The van der Waals surface area contributed by atoms with Crippen LogP contribution in [0.5, 0.6) is 0 Å². The zero-order valence-corrected chi connectivity index (χ0v) is 14.8. The molecule has 2 aromatic rings. The van der Waals surface area contributed by atoms with Gasteiger partial charge in [-0.25, -0.2) is 9.18 Å². The molecule has 5 heteroatoms. The molecule has 1 saturated heterocycles. The maximum absolute atomic E-state index is 13.4. The largest absolute Gasteiger partial charge is 0.330 e. The molecule has 0 unspecified atom stereocenters. The Hall–Kier alpha value is -2.40. The number of likely N-dealkylation sites (tertiary alicyclic amines) is 1. The topological polar surface area (TPSA) is 49.6 Å². The SMILES string of the molecule is NC[C@H]1CCN(C(=O)N2CCc3ccccc3[C@@H]2c2ccc(F)cc2)C1. The summed E-state index contributed by atoms with van der Waals surface area (Å²) < 4.78 is 13.4. The minimum absolute atomic E-state index is 0.0600. The van der Waals surface area contributed by atoms with Crippen LogP contribution in [0.3, 0.4) is 0 Å². The van der Waals surface area contributed by atoms with Crippen LogP contribution >= 0.6 is 0 Å². The third-order valence-electron chi connectivity index (χ3n) is 5.60. The standard InChI is InChI=1S/C21H24FN3O/c22-18-7-5-17(6-8-18)20-19-4-2-1-3-16(19)10-12-25(20)21(26)24-11-9-15(13-23)14-24/h1-8,15,20H,9-14,23H2/t15-,20+/m1/s1. The molecule has 4 nitrogen and oxygen atoms in total. The molecule has 2 N–H and O–H groups in total. The molecule has 136 valence electrons. The Morgan fingerprint density at radius 3 is 2.62 bits per heavy atom. The second-order valence-corrected chi connectivity index (χ2v) is 7.22. The molecule has 0 aromatic heterocycles. The average Bonchev–Trinajstić information content (AvgIpc) is 3.16. The number of nitrogens with two attached hydrogens (primary N) is 1. The second kappa shape index (κ2) is 7.08. The number of urea groups is 1. The van der Waals surface area contributed by atoms with E-state index in [1.165, 1.54) is 17.7 Å². The van der Waals surface area contributed by atoms with E-state index in [4.69, 9.17) is 5.73 Å². The number of amides is 2. The van der Waals surface area contributed by atoms with Gasteiger partial charge in [0.05, 0.1) is 6.04 Å². The van der Waals surface area contributed by atoms with Crippen molar-refractivity contribution in [3.05, 3.63) is 71.0 Å². The first-order valence-corrected chi connectivity index (χ1v) is 9.26. The Labute approximate surface area is 153 Å². The third-order valence-corrected chi connectivity index (χ3v) is 5.60. The van der Waals surface area contributed by atoms with Gasteiger partial charge in [0.1, 0.15) is 5.82 Å². The van der Waals surface area contributed by atoms with Gasteiger partial charge in [-0.3, -0.25) is 0 Å². The van der Waals surface area contributed by atoms with Gasteiger partial charge in [0.2, 0.25) is 0 Å². The third kappa shape index (κ3) is 3.07. The summed E-state index contributed by atoms with van der Waals surface area (Å²) in [6, 6.07) is 14.6. The summed E-state index contributed by atoms with van der Waals surface area (Å²) in [4.78, 5) is 17.1. The summed E-state index contributed by atoms with van der Waals surface area (Å²) in [5.74, 6) is 0.126. The first-order valence-electron chi connectivity index (χ1n) is 9.26. The van der Waals surface area contributed by atoms with Crippen molar-refractivity contribution in [2.45, 2.75) is 18.9 Å². The molecule has 2 aliphatic rings. The number of halogens is 1. The summed E-state index contributed by atoms with van der Waals surface area (Å²) in [7, 11) is 0. The van der Waals surface area contributed by atoms with Crippen molar-refractivity contribution < 1.29 is 9.18 Å². The smallest absolute Gasteiger partial charge is 0.320 e. The van der Waals surface area contributed by atoms with E-state index in [0.29, 0.717) is 19.0 Å². The number of carbonyl (C=O) groups excluding carboxylic acids is 1. The monoisotopic (exact) mass is 353 g/mol. The molecule has 2 aliphatic heterocycles. The maximum Gasteiger partial charge on any atom is 0.320 e. The number of hydrogen-bond acceptors (Lipinski definition) is 2. The first-order chi connectivity index (χ1) is 12.7. The summed E-state index contributed by atoms with van der Waals surface area (Å²) in [6.45, 7) is 2.77. The minimum atomic E-state index is -0.263. The van der Waals surface area contributed by atoms with Crippen LogP contribution in [0, 0.1) is 11.7 Å². The molecule has 4 rings (SSSR count). The molecule has 0 aliphatic carbocycles. The Morgan fingerprint density at radius 1 is 1.12 bits per heavy atom. The van der Waals surface area contributed by atoms with Gasteiger partial charge in [-0.1, -0.05) is 36.4 Å². The molecule has 2 aromatic carbocycles. The molecule has 0 spiro atoms. The Morgan fingerprint density at radius 2 is 1.88 bits per heavy atom. The minimum Gasteiger partial charge on any atom is -0.330 e. The summed E-state index contributed by atoms with van der Waals surface area (Å²) in [5, 5.41) is 0. The van der Waals surface area contributed by atoms with E-state index >= 15 is 0 Å². The van der Waals surface area contributed by atoms with Crippen molar-refractivity contribution in [1.82, 2.24) is 9.80 Å². The van der Waals surface area contributed by atoms with Crippen LogP contribution in [0.25, 0.3) is 0 Å². The van der Waals surface area contributed by atoms with E-state index in [9.17, 15) is 9.18 Å². The highest BCUT2D eigenvalue weighted by Gasteiger charge is 2.36. The van der Waals surface area contributed by atoms with Crippen molar-refractivity contribution in [2.24, 2.45) is 11.7 Å². The highest BCUT2D eigenvalue weighted by Crippen LogP contribution is 2.36. The van der Waals surface area contributed by atoms with Crippen molar-refractivity contribution in [1.29, 1.82) is 0 Å². The highest BCUT2D eigenvalue weighted by molar-refractivity contribution is 5.76. The van der Waals surface area contributed by atoms with E-state index < -0.39 is 0 Å². The van der Waals surface area contributed by atoms with E-state index in [0.717, 1.165) is 37.1 Å². The van der Waals surface area contributed by atoms with Gasteiger partial charge >= 0.3 is 6.03 Å². The highest BCUT2D eigenvalue weighted by atomic mass is 19.1. The normalized spacial score (nSPS) is 22.4. The fourth-order valence-corrected chi connectivity index (χ4v) is 4.16. The Bertz CT molecular complexity index is 792. The molecule has 0 saturated carbocycles. The molecule has 0 radical (unpaired) electrons. The lowest BCUT2D eigenvalue weighted by molar-refractivity contribution is 0.145. The zero-order valence-electron chi connectivity index (χ0n) is 14.8. The number of hydrogen-bond donors (Lipinski definition) is 1. The van der Waals surface area contributed by atoms with Crippen LogP contribution in [0.4, 0.5) is 9.18 Å². The van der Waals surface area contributed by atoms with Gasteiger partial charge in [0.15, 0.2) is 0 Å². The summed E-state index contributed by atoms with van der Waals surface area (Å²) in [5.41, 5.74) is 9.12. The molecule has 26 heavy (non-hydrogen) atoms. The van der Waals surface area contributed by atoms with Gasteiger partial charge in [0.25, 0.3) is 0 Å². The van der Waals surface area contributed by atoms with Gasteiger partial charge in [-0.2, -0.15) is 0 Å². The average molecular weight is 353 g/mol. The number of nitrogens with zero attached hydrogens (tertiary/aromatic N) is 2. The van der Waals surface area contributed by atoms with Gasteiger partial charge < -0.3 is 15.5 Å². The molecular weight excluding hydrogens is 329 g/mol. The molecule has 2 amide bonds. The zero-order chi connectivity index (χ0) is 18.1. The van der Waals surface area contributed by atoms with Crippen molar-refractivity contribution in [3.63, 3.8) is 0 Å². The lowest BCUT2D eigenvalue weighted by atomic mass is 9.88. The quantitative estimate of drug-likeness (QED) is 0.901. The Balaban J connectivity index is 1.69. The lowest BCUT2D eigenvalue weighted by Crippen LogP contribution is -2.47. The van der Waals surface area contributed by atoms with E-state index in [1.54, 1.807) is 12.1 Å². The molecule has 0 bridgehead atoms. The predicted octanol–water partition coefficient (Wildman–Crippen LogP) is 3.17. The molecule has 2 heterocycles. The number of benzene rings is 2. The van der Waals surface area contributed by atoms with Gasteiger partial charge in [0, 0.05) is 19.6 Å². The van der Waals surface area contributed by atoms with Crippen LogP contribution < -0.4 is 5.73 Å². The summed E-state index contributed by atoms with van der Waals surface area (Å²) >= 11 is 0. The molecule has 1 fully saturated rings. The summed E-state index contributed by atoms with van der Waals surface area (Å²) in [6.07, 6.45) is 1.81. The van der Waals surface area contributed by atoms with Crippen LogP contribution in [0.1, 0.15) is 29.2 Å². The van der Waals surface area contributed by atoms with E-state index in [-0.39, 0.29) is 17.9 Å². The number of rotatable bonds is 2. The van der Waals surface area contributed by atoms with E-state index in [1.807, 2.05) is 21.9 Å². The fraction of sp³-hybridized carbons (Fsp3) is 0.381. The lowest BCUT2D eigenvalue weighted by Gasteiger charge is -2.39. The van der Waals surface area contributed by atoms with Gasteiger partial charge in [-0.05, 0) is 54.1 Å². The van der Waals surface area contributed by atoms with Crippen molar-refractivity contribution in [2.75, 3.05) is 26.2 Å². The fourth-order valence-electron chi connectivity index (χ4n) is 4.16. The maximum atomic E-state index is 13.4. The van der Waals surface area contributed by atoms with Crippen molar-refractivity contribution in [3.8, 4) is 0 Å². The number of carbonyl (C=O) groups is 1. The van der Waals surface area contributed by atoms with E-state index in [2.05, 4.69) is 12.1 Å². The van der Waals surface area contributed by atoms with Crippen LogP contribution in [0.2, 0.25) is 0 Å². The van der Waals surface area contributed by atoms with Crippen LogP contribution in [-0.2, 0) is 6.42 Å². The number of fused-ring (bicyclic) bond motifs is 1. The first kappa shape index (κ1) is 17.0. The molecular formula is C21H24FN3O. The second-order valence-electron chi connectivity index (χ2n) is 7.22. The molecule has 2 atom stereocenters. The predicted molar refractivity (Wildman–Crippen MR) is 99.2 cm³/mol. The van der Waals surface area contributed by atoms with Crippen molar-refractivity contribution >= 4 is 6.03 Å².